The summed E-state index contributed by atoms with van der Waals surface area (Å²) in [6.07, 6.45) is 0.909. The highest BCUT2D eigenvalue weighted by molar-refractivity contribution is 7.92. The van der Waals surface area contributed by atoms with Crippen LogP contribution in [0.1, 0.15) is 17.5 Å². The fourth-order valence-corrected chi connectivity index (χ4v) is 3.87. The standard InChI is InChI=1S/C16H11F5O3S/c17-9-6-10(18)8-11(7-9)24-14-4-5-15(13-3-1-2-12(13)14)25(22,23)16(19,20)21/h4-8H,1-3H2. The van der Waals surface area contributed by atoms with Gasteiger partial charge in [0.05, 0.1) is 4.90 Å². The first-order chi connectivity index (χ1) is 11.6. The van der Waals surface area contributed by atoms with Crippen molar-refractivity contribution in [1.29, 1.82) is 0 Å². The number of benzene rings is 2. The van der Waals surface area contributed by atoms with Gasteiger partial charge in [-0.3, -0.25) is 0 Å². The Morgan fingerprint density at radius 1 is 0.920 bits per heavy atom. The summed E-state index contributed by atoms with van der Waals surface area (Å²) in [4.78, 5) is -0.801. The average Bonchev–Trinajstić information content (AvgIpc) is 2.94. The summed E-state index contributed by atoms with van der Waals surface area (Å²) in [5.74, 6) is -1.83. The molecule has 2 aromatic carbocycles. The third-order valence-electron chi connectivity index (χ3n) is 3.86. The van der Waals surface area contributed by atoms with Crippen LogP contribution >= 0.6 is 0 Å². The maximum absolute atomic E-state index is 13.2. The molecule has 9 heteroatoms. The van der Waals surface area contributed by atoms with Crippen LogP contribution in [0.25, 0.3) is 0 Å². The molecule has 0 spiro atoms. The van der Waals surface area contributed by atoms with Gasteiger partial charge in [0.15, 0.2) is 0 Å². The second-order valence-electron chi connectivity index (χ2n) is 5.53. The molecule has 25 heavy (non-hydrogen) atoms. The molecule has 0 atom stereocenters. The van der Waals surface area contributed by atoms with E-state index in [1.165, 1.54) is 0 Å². The molecule has 0 saturated heterocycles. The summed E-state index contributed by atoms with van der Waals surface area (Å²) >= 11 is 0. The van der Waals surface area contributed by atoms with Crippen LogP contribution in [0, 0.1) is 11.6 Å². The number of hydrogen-bond acceptors (Lipinski definition) is 3. The number of sulfone groups is 1. The van der Waals surface area contributed by atoms with Gasteiger partial charge in [0, 0.05) is 18.2 Å². The maximum Gasteiger partial charge on any atom is 0.501 e. The van der Waals surface area contributed by atoms with Gasteiger partial charge in [0.2, 0.25) is 0 Å². The minimum Gasteiger partial charge on any atom is -0.457 e. The highest BCUT2D eigenvalue weighted by atomic mass is 32.2. The van der Waals surface area contributed by atoms with Crippen LogP contribution in [0.4, 0.5) is 22.0 Å². The molecule has 0 radical (unpaired) electrons. The van der Waals surface area contributed by atoms with E-state index in [0.717, 1.165) is 24.3 Å². The fourth-order valence-electron chi connectivity index (χ4n) is 2.83. The van der Waals surface area contributed by atoms with Gasteiger partial charge in [-0.1, -0.05) is 0 Å². The monoisotopic (exact) mass is 378 g/mol. The molecule has 134 valence electrons. The number of ether oxygens (including phenoxy) is 1. The lowest BCUT2D eigenvalue weighted by molar-refractivity contribution is -0.0436. The summed E-state index contributed by atoms with van der Waals surface area (Å²) in [6, 6.07) is 4.38. The van der Waals surface area contributed by atoms with Crippen LogP contribution in [-0.2, 0) is 22.7 Å². The molecule has 3 rings (SSSR count). The average molecular weight is 378 g/mol. The van der Waals surface area contributed by atoms with Crippen molar-refractivity contribution in [1.82, 2.24) is 0 Å². The second kappa shape index (κ2) is 5.98. The normalized spacial score (nSPS) is 14.4. The van der Waals surface area contributed by atoms with E-state index < -0.39 is 31.9 Å². The molecule has 2 aromatic rings. The third-order valence-corrected chi connectivity index (χ3v) is 5.43. The molecule has 0 N–H and O–H groups in total. The zero-order valence-corrected chi connectivity index (χ0v) is 13.3. The Balaban J connectivity index is 2.06. The maximum atomic E-state index is 13.2. The van der Waals surface area contributed by atoms with Crippen LogP contribution in [-0.4, -0.2) is 13.9 Å². The van der Waals surface area contributed by atoms with Gasteiger partial charge in [-0.15, -0.1) is 0 Å². The van der Waals surface area contributed by atoms with Crippen molar-refractivity contribution < 1.29 is 35.1 Å². The lowest BCUT2D eigenvalue weighted by Crippen LogP contribution is -2.24. The molecular formula is C16H11F5O3S. The van der Waals surface area contributed by atoms with Crippen LogP contribution < -0.4 is 4.74 Å². The number of rotatable bonds is 3. The van der Waals surface area contributed by atoms with E-state index in [0.29, 0.717) is 24.5 Å². The van der Waals surface area contributed by atoms with Crippen molar-refractivity contribution >= 4 is 9.84 Å². The third kappa shape index (κ3) is 3.20. The van der Waals surface area contributed by atoms with Gasteiger partial charge >= 0.3 is 5.51 Å². The van der Waals surface area contributed by atoms with Crippen LogP contribution in [0.15, 0.2) is 35.2 Å². The quantitative estimate of drug-likeness (QED) is 0.737. The van der Waals surface area contributed by atoms with Gasteiger partial charge in [0.1, 0.15) is 23.1 Å². The van der Waals surface area contributed by atoms with E-state index in [1.54, 1.807) is 0 Å². The van der Waals surface area contributed by atoms with Crippen LogP contribution in [0.3, 0.4) is 0 Å². The Bertz CT molecular complexity index is 915. The predicted octanol–water partition coefficient (Wildman–Crippen LogP) is 4.54. The van der Waals surface area contributed by atoms with Crippen molar-refractivity contribution in [3.05, 3.63) is 53.1 Å². The van der Waals surface area contributed by atoms with Gasteiger partial charge in [-0.05, 0) is 42.5 Å². The number of fused-ring (bicyclic) bond motifs is 1. The molecule has 0 heterocycles. The Labute approximate surface area is 140 Å². The van der Waals surface area contributed by atoms with Gasteiger partial charge < -0.3 is 4.74 Å². The van der Waals surface area contributed by atoms with Crippen molar-refractivity contribution in [2.75, 3.05) is 0 Å². The highest BCUT2D eigenvalue weighted by Gasteiger charge is 2.48. The smallest absolute Gasteiger partial charge is 0.457 e. The first-order valence-electron chi connectivity index (χ1n) is 7.19. The predicted molar refractivity (Wildman–Crippen MR) is 78.1 cm³/mol. The Hall–Kier alpha value is -2.16. The molecule has 0 unspecified atom stereocenters. The molecule has 0 bridgehead atoms. The molecule has 1 aliphatic rings. The lowest BCUT2D eigenvalue weighted by Gasteiger charge is -2.15. The molecule has 0 aromatic heterocycles. The molecule has 1 aliphatic carbocycles. The Kier molecular flexibility index (Phi) is 4.22. The summed E-state index contributed by atoms with van der Waals surface area (Å²) in [7, 11) is -5.48. The van der Waals surface area contributed by atoms with Crippen LogP contribution in [0.2, 0.25) is 0 Å². The lowest BCUT2D eigenvalue weighted by atomic mass is 10.1. The second-order valence-corrected chi connectivity index (χ2v) is 7.44. The topological polar surface area (TPSA) is 43.4 Å². The summed E-state index contributed by atoms with van der Waals surface area (Å²) < 4.78 is 93.7. The van der Waals surface area contributed by atoms with E-state index in [-0.39, 0.29) is 23.5 Å². The molecule has 0 fully saturated rings. The number of alkyl halides is 3. The highest BCUT2D eigenvalue weighted by Crippen LogP contribution is 2.41. The minimum absolute atomic E-state index is 0.0340. The van der Waals surface area contributed by atoms with E-state index >= 15 is 0 Å². The molecular weight excluding hydrogens is 367 g/mol. The van der Waals surface area contributed by atoms with Gasteiger partial charge in [-0.25, -0.2) is 17.2 Å². The SMILES string of the molecule is O=S(=O)(c1ccc(Oc2cc(F)cc(F)c2)c2c1CCC2)C(F)(F)F. The fraction of sp³-hybridized carbons (Fsp3) is 0.250. The number of halogens is 5. The molecule has 3 nitrogen and oxygen atoms in total. The van der Waals surface area contributed by atoms with E-state index in [9.17, 15) is 30.4 Å². The summed E-state index contributed by atoms with van der Waals surface area (Å²) in [5, 5.41) is 0. The molecule has 0 aliphatic heterocycles. The van der Waals surface area contributed by atoms with Crippen molar-refractivity contribution in [3.63, 3.8) is 0 Å². The van der Waals surface area contributed by atoms with Crippen LogP contribution in [0.5, 0.6) is 11.5 Å². The van der Waals surface area contributed by atoms with E-state index in [2.05, 4.69) is 0 Å². The molecule has 0 amide bonds. The van der Waals surface area contributed by atoms with Gasteiger partial charge in [0.25, 0.3) is 9.84 Å². The minimum atomic E-state index is -5.48. The Morgan fingerprint density at radius 2 is 1.52 bits per heavy atom. The first kappa shape index (κ1) is 17.7. The van der Waals surface area contributed by atoms with Crippen molar-refractivity contribution in [3.8, 4) is 11.5 Å². The van der Waals surface area contributed by atoms with Crippen molar-refractivity contribution in [2.45, 2.75) is 29.7 Å². The molecule has 0 saturated carbocycles. The summed E-state index contributed by atoms with van der Waals surface area (Å²) in [6.45, 7) is 0. The number of hydrogen-bond donors (Lipinski definition) is 0. The van der Waals surface area contributed by atoms with Crippen molar-refractivity contribution in [2.24, 2.45) is 0 Å². The van der Waals surface area contributed by atoms with Gasteiger partial charge in [-0.2, -0.15) is 13.2 Å². The zero-order valence-electron chi connectivity index (χ0n) is 12.5. The first-order valence-corrected chi connectivity index (χ1v) is 8.68. The van der Waals surface area contributed by atoms with E-state index in [1.807, 2.05) is 0 Å². The zero-order chi connectivity index (χ0) is 18.4. The Morgan fingerprint density at radius 3 is 2.12 bits per heavy atom. The summed E-state index contributed by atoms with van der Waals surface area (Å²) in [5.41, 5.74) is -5.07. The van der Waals surface area contributed by atoms with E-state index in [4.69, 9.17) is 4.74 Å². The largest absolute Gasteiger partial charge is 0.501 e.